The second-order valence-corrected chi connectivity index (χ2v) is 10.3. The molecule has 4 aliphatic carbocycles. The average molecular weight is 317 g/mol. The third kappa shape index (κ3) is 1.65. The van der Waals surface area contributed by atoms with Gasteiger partial charge in [0, 0.05) is 6.54 Å². The fourth-order valence-corrected chi connectivity index (χ4v) is 8.71. The monoisotopic (exact) mass is 317 g/mol. The van der Waals surface area contributed by atoms with Gasteiger partial charge in [0.15, 0.2) is 0 Å². The van der Waals surface area contributed by atoms with Crippen molar-refractivity contribution >= 4 is 15.7 Å². The van der Waals surface area contributed by atoms with Crippen LogP contribution in [0.2, 0.25) is 0 Å². The molecule has 3 nitrogen and oxygen atoms in total. The van der Waals surface area contributed by atoms with E-state index in [2.05, 4.69) is 6.07 Å². The molecule has 4 bridgehead atoms. The summed E-state index contributed by atoms with van der Waals surface area (Å²) in [5, 5.41) is 0. The van der Waals surface area contributed by atoms with Gasteiger partial charge in [0.1, 0.15) is 0 Å². The molecule has 6 rings (SSSR count). The molecule has 0 saturated heterocycles. The highest BCUT2D eigenvalue weighted by Gasteiger charge is 2.59. The lowest BCUT2D eigenvalue weighted by molar-refractivity contribution is 0.0338. The summed E-state index contributed by atoms with van der Waals surface area (Å²) in [6.07, 6.45) is 7.46. The lowest BCUT2D eigenvalue weighted by atomic mass is 9.56. The highest BCUT2D eigenvalue weighted by atomic mass is 32.2. The number of anilines is 1. The fraction of sp³-hybridized carbons (Fsp3) is 0.667. The van der Waals surface area contributed by atoms with Gasteiger partial charge in [0.05, 0.1) is 10.4 Å². The first-order chi connectivity index (χ1) is 10.6. The third-order valence-electron chi connectivity index (χ3n) is 6.66. The van der Waals surface area contributed by atoms with E-state index in [0.717, 1.165) is 31.4 Å². The largest absolute Gasteiger partial charge is 0.269 e. The Hall–Kier alpha value is -1.03. The van der Waals surface area contributed by atoms with Crippen LogP contribution in [0.5, 0.6) is 0 Å². The molecule has 1 aliphatic heterocycles. The van der Waals surface area contributed by atoms with Crippen molar-refractivity contribution in [2.75, 3.05) is 10.8 Å². The number of fused-ring (bicyclic) bond motifs is 1. The Morgan fingerprint density at radius 2 is 1.55 bits per heavy atom. The Kier molecular flexibility index (Phi) is 2.61. The summed E-state index contributed by atoms with van der Waals surface area (Å²) in [6.45, 7) is 0.642. The van der Waals surface area contributed by atoms with E-state index in [1.165, 1.54) is 24.8 Å². The van der Waals surface area contributed by atoms with Gasteiger partial charge < -0.3 is 0 Å². The van der Waals surface area contributed by atoms with Gasteiger partial charge in [-0.05, 0) is 74.3 Å². The van der Waals surface area contributed by atoms with Crippen molar-refractivity contribution in [1.82, 2.24) is 0 Å². The molecule has 1 aromatic rings. The second-order valence-electron chi connectivity index (χ2n) is 8.06. The molecule has 1 heterocycles. The molecular weight excluding hydrogens is 294 g/mol. The maximum Gasteiger partial charge on any atom is 0.240 e. The van der Waals surface area contributed by atoms with E-state index in [0.29, 0.717) is 24.3 Å². The van der Waals surface area contributed by atoms with Crippen LogP contribution in [0.4, 0.5) is 5.69 Å². The first-order valence-electron chi connectivity index (χ1n) is 8.68. The van der Waals surface area contributed by atoms with Crippen molar-refractivity contribution in [3.05, 3.63) is 29.8 Å². The van der Waals surface area contributed by atoms with Gasteiger partial charge in [0.25, 0.3) is 0 Å². The molecule has 1 aromatic carbocycles. The normalized spacial score (nSPS) is 39.3. The first-order valence-corrected chi connectivity index (χ1v) is 10.1. The molecular formula is C18H23NO2S. The van der Waals surface area contributed by atoms with E-state index >= 15 is 0 Å². The van der Waals surface area contributed by atoms with Crippen molar-refractivity contribution in [3.8, 4) is 0 Å². The van der Waals surface area contributed by atoms with Gasteiger partial charge in [-0.15, -0.1) is 0 Å². The van der Waals surface area contributed by atoms with Crippen molar-refractivity contribution in [3.63, 3.8) is 0 Å². The zero-order chi connectivity index (χ0) is 14.9. The number of nitrogens with zero attached hydrogens (tertiary/aromatic N) is 1. The zero-order valence-corrected chi connectivity index (χ0v) is 13.7. The van der Waals surface area contributed by atoms with Crippen LogP contribution in [0.15, 0.2) is 24.3 Å². The van der Waals surface area contributed by atoms with E-state index in [9.17, 15) is 8.42 Å². The summed E-state index contributed by atoms with van der Waals surface area (Å²) in [5.74, 6) is 2.00. The number of hydrogen-bond acceptors (Lipinski definition) is 2. The van der Waals surface area contributed by atoms with Gasteiger partial charge in [-0.2, -0.15) is 0 Å². The molecule has 0 N–H and O–H groups in total. The minimum Gasteiger partial charge on any atom is -0.269 e. The minimum atomic E-state index is -3.24. The van der Waals surface area contributed by atoms with Crippen LogP contribution < -0.4 is 4.31 Å². The third-order valence-corrected chi connectivity index (χ3v) is 9.22. The Morgan fingerprint density at radius 3 is 2.18 bits per heavy atom. The summed E-state index contributed by atoms with van der Waals surface area (Å²) in [5.41, 5.74) is 2.13. The lowest BCUT2D eigenvalue weighted by Gasteiger charge is -2.56. The number of benzene rings is 1. The summed E-state index contributed by atoms with van der Waals surface area (Å²) in [7, 11) is -3.24. The average Bonchev–Trinajstić information content (AvgIpc) is 2.90. The van der Waals surface area contributed by atoms with E-state index in [-0.39, 0.29) is 0 Å². The Morgan fingerprint density at radius 1 is 0.955 bits per heavy atom. The van der Waals surface area contributed by atoms with Crippen LogP contribution in [0.25, 0.3) is 0 Å². The second kappa shape index (κ2) is 4.28. The van der Waals surface area contributed by atoms with Gasteiger partial charge in [0.2, 0.25) is 10.0 Å². The standard InChI is InChI=1S/C18H23NO2S/c20-22(21,19-6-5-16-3-1-2-4-17(16)19)18-10-13-7-14(11-18)9-15(8-13)12-18/h1-4,13-15H,5-12H2. The van der Waals surface area contributed by atoms with Gasteiger partial charge in [-0.3, -0.25) is 4.31 Å². The summed E-state index contributed by atoms with van der Waals surface area (Å²) in [6, 6.07) is 8.04. The van der Waals surface area contributed by atoms with Crippen LogP contribution in [-0.2, 0) is 16.4 Å². The molecule has 0 spiro atoms. The highest BCUT2D eigenvalue weighted by Crippen LogP contribution is 2.59. The van der Waals surface area contributed by atoms with Crippen LogP contribution in [0, 0.1) is 17.8 Å². The van der Waals surface area contributed by atoms with E-state index in [4.69, 9.17) is 0 Å². The van der Waals surface area contributed by atoms with Crippen LogP contribution in [0.3, 0.4) is 0 Å². The number of hydrogen-bond donors (Lipinski definition) is 0. The lowest BCUT2D eigenvalue weighted by Crippen LogP contribution is -2.58. The minimum absolute atomic E-state index is 0.445. The van der Waals surface area contributed by atoms with Crippen LogP contribution in [-0.4, -0.2) is 19.7 Å². The summed E-state index contributed by atoms with van der Waals surface area (Å²) >= 11 is 0. The number of para-hydroxylation sites is 1. The SMILES string of the molecule is O=S(=O)(N1CCc2ccccc21)C12CC3CC(CC(C3)C1)C2. The topological polar surface area (TPSA) is 37.4 Å². The van der Waals surface area contributed by atoms with Crippen molar-refractivity contribution < 1.29 is 8.42 Å². The summed E-state index contributed by atoms with van der Waals surface area (Å²) < 4.78 is 28.5. The maximum atomic E-state index is 13.6. The van der Waals surface area contributed by atoms with Crippen molar-refractivity contribution in [2.24, 2.45) is 17.8 Å². The predicted molar refractivity (Wildman–Crippen MR) is 87.3 cm³/mol. The predicted octanol–water partition coefficient (Wildman–Crippen LogP) is 3.35. The van der Waals surface area contributed by atoms with E-state index in [1.54, 1.807) is 4.31 Å². The fourth-order valence-electron chi connectivity index (χ4n) is 6.14. The highest BCUT2D eigenvalue weighted by molar-refractivity contribution is 7.94. The molecule has 22 heavy (non-hydrogen) atoms. The van der Waals surface area contributed by atoms with Gasteiger partial charge in [-0.25, -0.2) is 8.42 Å². The maximum absolute atomic E-state index is 13.6. The quantitative estimate of drug-likeness (QED) is 0.839. The smallest absolute Gasteiger partial charge is 0.240 e. The molecule has 0 atom stereocenters. The number of sulfonamides is 1. The molecule has 4 heteroatoms. The van der Waals surface area contributed by atoms with Crippen LogP contribution in [0.1, 0.15) is 44.1 Å². The van der Waals surface area contributed by atoms with Crippen molar-refractivity contribution in [2.45, 2.75) is 49.7 Å². The number of rotatable bonds is 2. The van der Waals surface area contributed by atoms with Gasteiger partial charge in [-0.1, -0.05) is 18.2 Å². The van der Waals surface area contributed by atoms with Gasteiger partial charge >= 0.3 is 0 Å². The molecule has 4 fully saturated rings. The molecule has 4 saturated carbocycles. The Balaban J connectivity index is 1.57. The van der Waals surface area contributed by atoms with Crippen molar-refractivity contribution in [1.29, 1.82) is 0 Å². The molecule has 0 radical (unpaired) electrons. The van der Waals surface area contributed by atoms with Crippen LogP contribution >= 0.6 is 0 Å². The molecule has 5 aliphatic rings. The zero-order valence-electron chi connectivity index (χ0n) is 12.9. The van der Waals surface area contributed by atoms with E-state index < -0.39 is 14.8 Å². The molecule has 0 unspecified atom stereocenters. The molecule has 0 amide bonds. The molecule has 118 valence electrons. The Bertz CT molecular complexity index is 689. The first kappa shape index (κ1) is 13.4. The Labute approximate surface area is 132 Å². The van der Waals surface area contributed by atoms with E-state index in [1.807, 2.05) is 18.2 Å². The molecule has 0 aromatic heterocycles. The summed E-state index contributed by atoms with van der Waals surface area (Å²) in [4.78, 5) is 0.